The van der Waals surface area contributed by atoms with Crippen LogP contribution in [0.5, 0.6) is 0 Å². The number of pyridine rings is 1. The van der Waals surface area contributed by atoms with Gasteiger partial charge in [0.2, 0.25) is 0 Å². The van der Waals surface area contributed by atoms with E-state index in [9.17, 15) is 27.5 Å². The molecule has 5 nitrogen and oxygen atoms in total. The van der Waals surface area contributed by atoms with Crippen molar-refractivity contribution in [2.75, 3.05) is 18.0 Å². The number of hydrogen-bond acceptors (Lipinski definition) is 4. The minimum absolute atomic E-state index is 0.164. The minimum Gasteiger partial charge on any atom is -0.478 e. The summed E-state index contributed by atoms with van der Waals surface area (Å²) in [6.45, 7) is 0.956. The van der Waals surface area contributed by atoms with E-state index in [-0.39, 0.29) is 18.4 Å². The van der Waals surface area contributed by atoms with Crippen LogP contribution in [0.2, 0.25) is 0 Å². The highest BCUT2D eigenvalue weighted by atomic mass is 19.4. The van der Waals surface area contributed by atoms with E-state index in [1.54, 1.807) is 4.90 Å². The first kappa shape index (κ1) is 19.1. The van der Waals surface area contributed by atoms with E-state index in [1.807, 2.05) is 0 Å². The molecule has 0 spiro atoms. The van der Waals surface area contributed by atoms with Crippen LogP contribution in [0.4, 0.5) is 23.2 Å². The lowest BCUT2D eigenvalue weighted by atomic mass is 10.1. The van der Waals surface area contributed by atoms with Gasteiger partial charge < -0.3 is 14.7 Å². The highest BCUT2D eigenvalue weighted by Gasteiger charge is 2.33. The van der Waals surface area contributed by atoms with E-state index in [4.69, 9.17) is 4.74 Å². The molecule has 0 amide bonds. The molecule has 1 aromatic carbocycles. The molecular formula is C18H16F4N2O3. The second-order valence-electron chi connectivity index (χ2n) is 6.17. The number of aromatic nitrogens is 1. The van der Waals surface area contributed by atoms with Crippen LogP contribution in [0.15, 0.2) is 36.5 Å². The first-order chi connectivity index (χ1) is 12.7. The van der Waals surface area contributed by atoms with Gasteiger partial charge in [-0.3, -0.25) is 4.98 Å². The third-order valence-corrected chi connectivity index (χ3v) is 4.30. The number of benzene rings is 1. The molecule has 2 aromatic rings. The van der Waals surface area contributed by atoms with Gasteiger partial charge in [0.25, 0.3) is 0 Å². The molecule has 27 heavy (non-hydrogen) atoms. The number of rotatable bonds is 5. The molecule has 1 fully saturated rings. The van der Waals surface area contributed by atoms with Crippen molar-refractivity contribution in [3.05, 3.63) is 59.2 Å². The topological polar surface area (TPSA) is 62.7 Å². The molecular weight excluding hydrogens is 368 g/mol. The number of nitrogens with zero attached hydrogens (tertiary/aromatic N) is 2. The third kappa shape index (κ3) is 4.54. The smallest absolute Gasteiger partial charge is 0.416 e. The van der Waals surface area contributed by atoms with E-state index in [0.29, 0.717) is 31.3 Å². The van der Waals surface area contributed by atoms with Gasteiger partial charge in [-0.25, -0.2) is 9.18 Å². The van der Waals surface area contributed by atoms with Crippen molar-refractivity contribution in [1.29, 1.82) is 0 Å². The number of ether oxygens (including phenoxy) is 1. The fraction of sp³-hybridized carbons (Fsp3) is 0.333. The van der Waals surface area contributed by atoms with Crippen molar-refractivity contribution in [3.63, 3.8) is 0 Å². The Morgan fingerprint density at radius 3 is 2.70 bits per heavy atom. The molecule has 0 radical (unpaired) electrons. The van der Waals surface area contributed by atoms with Crippen molar-refractivity contribution in [2.45, 2.75) is 25.3 Å². The maximum absolute atomic E-state index is 12.8. The van der Waals surface area contributed by atoms with Crippen molar-refractivity contribution >= 4 is 11.7 Å². The van der Waals surface area contributed by atoms with Gasteiger partial charge in [-0.15, -0.1) is 0 Å². The molecule has 1 atom stereocenters. The molecule has 0 saturated carbocycles. The van der Waals surface area contributed by atoms with E-state index < -0.39 is 29.1 Å². The second kappa shape index (κ2) is 7.51. The quantitative estimate of drug-likeness (QED) is 0.796. The second-order valence-corrected chi connectivity index (χ2v) is 6.17. The SMILES string of the molecule is O=C(O)c1cc(C(F)(F)F)ccc1N1CC[C@H](OCc2ccc(F)cn2)C1. The van der Waals surface area contributed by atoms with Crippen molar-refractivity contribution in [3.8, 4) is 0 Å². The Balaban J connectivity index is 1.69. The Morgan fingerprint density at radius 2 is 2.07 bits per heavy atom. The molecule has 144 valence electrons. The molecule has 3 rings (SSSR count). The van der Waals surface area contributed by atoms with Crippen LogP contribution in [-0.2, 0) is 17.5 Å². The van der Waals surface area contributed by atoms with Gasteiger partial charge in [0.1, 0.15) is 5.82 Å². The average molecular weight is 384 g/mol. The fourth-order valence-electron chi connectivity index (χ4n) is 2.94. The Kier molecular flexibility index (Phi) is 5.31. The Morgan fingerprint density at radius 1 is 1.30 bits per heavy atom. The van der Waals surface area contributed by atoms with Gasteiger partial charge in [-0.2, -0.15) is 13.2 Å². The van der Waals surface area contributed by atoms with Crippen LogP contribution >= 0.6 is 0 Å². The highest BCUT2D eigenvalue weighted by Crippen LogP contribution is 2.34. The van der Waals surface area contributed by atoms with Crippen LogP contribution in [0, 0.1) is 5.82 Å². The predicted molar refractivity (Wildman–Crippen MR) is 88.0 cm³/mol. The molecule has 0 unspecified atom stereocenters. The summed E-state index contributed by atoms with van der Waals surface area (Å²) in [5.41, 5.74) is -0.624. The summed E-state index contributed by atoms with van der Waals surface area (Å²) in [7, 11) is 0. The zero-order valence-electron chi connectivity index (χ0n) is 14.0. The van der Waals surface area contributed by atoms with Gasteiger partial charge >= 0.3 is 12.1 Å². The van der Waals surface area contributed by atoms with Gasteiger partial charge in [0, 0.05) is 13.1 Å². The van der Waals surface area contributed by atoms with Gasteiger partial charge in [0.15, 0.2) is 0 Å². The predicted octanol–water partition coefficient (Wildman–Crippen LogP) is 3.73. The molecule has 2 heterocycles. The average Bonchev–Trinajstić information content (AvgIpc) is 3.09. The third-order valence-electron chi connectivity index (χ3n) is 4.30. The molecule has 1 aromatic heterocycles. The van der Waals surface area contributed by atoms with E-state index in [0.717, 1.165) is 12.3 Å². The zero-order chi connectivity index (χ0) is 19.6. The maximum Gasteiger partial charge on any atom is 0.416 e. The number of carboxylic acids is 1. The first-order valence-electron chi connectivity index (χ1n) is 8.15. The number of carbonyl (C=O) groups is 1. The number of carboxylic acid groups (broad SMARTS) is 1. The van der Waals surface area contributed by atoms with Crippen LogP contribution < -0.4 is 4.90 Å². The highest BCUT2D eigenvalue weighted by molar-refractivity contribution is 5.94. The molecule has 0 aliphatic carbocycles. The summed E-state index contributed by atoms with van der Waals surface area (Å²) < 4.78 is 57.0. The van der Waals surface area contributed by atoms with Crippen molar-refractivity contribution < 1.29 is 32.2 Å². The Labute approximate surface area is 152 Å². The molecule has 1 aliphatic heterocycles. The summed E-state index contributed by atoms with van der Waals surface area (Å²) in [5, 5.41) is 9.29. The molecule has 0 bridgehead atoms. The summed E-state index contributed by atoms with van der Waals surface area (Å²) in [6.07, 6.45) is -3.18. The number of alkyl halides is 3. The first-order valence-corrected chi connectivity index (χ1v) is 8.15. The number of anilines is 1. The van der Waals surface area contributed by atoms with Crippen molar-refractivity contribution in [2.24, 2.45) is 0 Å². The lowest BCUT2D eigenvalue weighted by molar-refractivity contribution is -0.137. The number of halogens is 4. The monoisotopic (exact) mass is 384 g/mol. The van der Waals surface area contributed by atoms with E-state index >= 15 is 0 Å². The summed E-state index contributed by atoms with van der Waals surface area (Å²) in [5.74, 6) is -1.87. The van der Waals surface area contributed by atoms with Crippen LogP contribution in [0.25, 0.3) is 0 Å². The fourth-order valence-corrected chi connectivity index (χ4v) is 2.94. The summed E-state index contributed by atoms with van der Waals surface area (Å²) >= 11 is 0. The molecule has 1 aliphatic rings. The standard InChI is InChI=1S/C18H16F4N2O3/c19-12-2-3-13(23-8-12)10-27-14-5-6-24(9-14)16-4-1-11(18(20,21)22)7-15(16)17(25)26/h1-4,7-8,14H,5-6,9-10H2,(H,25,26)/t14-/m0/s1. The van der Waals surface area contributed by atoms with E-state index in [2.05, 4.69) is 4.98 Å². The lowest BCUT2D eigenvalue weighted by Gasteiger charge is -2.21. The normalized spacial score (nSPS) is 17.3. The minimum atomic E-state index is -4.61. The van der Waals surface area contributed by atoms with Gasteiger partial charge in [-0.1, -0.05) is 0 Å². The molecule has 1 saturated heterocycles. The maximum atomic E-state index is 12.8. The largest absolute Gasteiger partial charge is 0.478 e. The molecule has 9 heteroatoms. The number of hydrogen-bond donors (Lipinski definition) is 1. The Hall–Kier alpha value is -2.68. The van der Waals surface area contributed by atoms with Gasteiger partial charge in [-0.05, 0) is 36.8 Å². The summed E-state index contributed by atoms with van der Waals surface area (Å²) in [4.78, 5) is 17.0. The van der Waals surface area contributed by atoms with Crippen LogP contribution in [-0.4, -0.2) is 35.3 Å². The Bertz CT molecular complexity index is 824. The van der Waals surface area contributed by atoms with Gasteiger partial charge in [0.05, 0.1) is 41.4 Å². The molecule has 1 N–H and O–H groups in total. The van der Waals surface area contributed by atoms with E-state index in [1.165, 1.54) is 18.2 Å². The van der Waals surface area contributed by atoms with Crippen molar-refractivity contribution in [1.82, 2.24) is 4.98 Å². The lowest BCUT2D eigenvalue weighted by Crippen LogP contribution is -2.25. The number of aromatic carboxylic acids is 1. The zero-order valence-corrected chi connectivity index (χ0v) is 14.0. The summed E-state index contributed by atoms with van der Waals surface area (Å²) in [6, 6.07) is 5.47. The van der Waals surface area contributed by atoms with Crippen LogP contribution in [0.3, 0.4) is 0 Å². The van der Waals surface area contributed by atoms with Crippen LogP contribution in [0.1, 0.15) is 28.0 Å².